The van der Waals surface area contributed by atoms with Crippen molar-refractivity contribution in [1.82, 2.24) is 29.2 Å². The Kier molecular flexibility index (Phi) is 9.87. The molecule has 1 aromatic heterocycles. The molecule has 248 valence electrons. The van der Waals surface area contributed by atoms with Gasteiger partial charge in [-0.05, 0) is 57.2 Å². The van der Waals surface area contributed by atoms with Crippen molar-refractivity contribution in [1.29, 1.82) is 0 Å². The van der Waals surface area contributed by atoms with Crippen molar-refractivity contribution in [2.45, 2.75) is 87.6 Å². The summed E-state index contributed by atoms with van der Waals surface area (Å²) in [6.07, 6.45) is 3.89. The normalized spacial score (nSPS) is 20.7. The number of amides is 1. The lowest BCUT2D eigenvalue weighted by Gasteiger charge is -2.36. The average molecular weight is 669 g/mol. The van der Waals surface area contributed by atoms with E-state index < -0.39 is 21.8 Å². The number of carbonyl (C=O) groups excluding carboxylic acids is 1. The summed E-state index contributed by atoms with van der Waals surface area (Å²) in [4.78, 5) is 16.8. The molecule has 0 spiro atoms. The first kappa shape index (κ1) is 32.8. The number of hydrogen-bond donors (Lipinski definition) is 1. The molecule has 3 aliphatic heterocycles. The second-order valence-corrected chi connectivity index (χ2v) is 15.9. The van der Waals surface area contributed by atoms with Crippen molar-refractivity contribution < 1.29 is 26.4 Å². The van der Waals surface area contributed by atoms with Gasteiger partial charge in [0.05, 0.1) is 17.5 Å². The Morgan fingerprint density at radius 1 is 1.04 bits per heavy atom. The third-order valence-corrected chi connectivity index (χ3v) is 11.8. The van der Waals surface area contributed by atoms with Gasteiger partial charge in [-0.1, -0.05) is 6.07 Å². The highest BCUT2D eigenvalue weighted by molar-refractivity contribution is 7.99. The first-order valence-corrected chi connectivity index (χ1v) is 18.9. The van der Waals surface area contributed by atoms with Crippen molar-refractivity contribution in [3.05, 3.63) is 35.0 Å². The van der Waals surface area contributed by atoms with E-state index in [1.54, 1.807) is 6.07 Å². The number of nitrogens with one attached hydrogen (secondary N) is 1. The molecule has 2 aromatic rings. The van der Waals surface area contributed by atoms with Gasteiger partial charge in [0.1, 0.15) is 0 Å². The number of halogens is 3. The summed E-state index contributed by atoms with van der Waals surface area (Å²) in [6.45, 7) is 5.44. The number of likely N-dealkylation sites (tertiary alicyclic amines) is 2. The Hall–Kier alpha value is -2.13. The van der Waals surface area contributed by atoms with Crippen molar-refractivity contribution in [3.63, 3.8) is 0 Å². The Balaban J connectivity index is 1.18. The fourth-order valence-corrected chi connectivity index (χ4v) is 8.63. The molecule has 1 N–H and O–H groups in total. The highest BCUT2D eigenvalue weighted by Crippen LogP contribution is 2.40. The second kappa shape index (κ2) is 13.5. The number of aromatic nitrogens is 2. The standard InChI is InChI=1S/C31H43F3N6O3S2/c1-45(42,43)38-18-11-27-25(21-38)30(22-5-8-26(31(32,33)34)28(20-22)44-19-12-35-23-6-7-23)36-40(27)15-3-13-37-16-9-24(10-17-37)39-14-2-4-29(39)41/h5,8,20,23-24,35H,2-4,6-7,9-19,21H2,1H3. The minimum absolute atomic E-state index is 0.154. The SMILES string of the molecule is CS(=O)(=O)N1CCc2c(c(-c3ccc(C(F)(F)F)c(SCCNC4CC4)c3)nn2CCCN2CCC(N3CCCC3=O)CC2)C1. The van der Waals surface area contributed by atoms with Crippen molar-refractivity contribution in [3.8, 4) is 11.3 Å². The van der Waals surface area contributed by atoms with E-state index in [4.69, 9.17) is 5.10 Å². The maximum atomic E-state index is 14.0. The van der Waals surface area contributed by atoms with Gasteiger partial charge >= 0.3 is 6.18 Å². The van der Waals surface area contributed by atoms with Gasteiger partial charge in [-0.2, -0.15) is 22.6 Å². The van der Waals surface area contributed by atoms with E-state index in [9.17, 15) is 26.4 Å². The predicted octanol–water partition coefficient (Wildman–Crippen LogP) is 4.21. The van der Waals surface area contributed by atoms with Crippen LogP contribution in [0.15, 0.2) is 23.1 Å². The first-order chi connectivity index (χ1) is 21.5. The molecule has 14 heteroatoms. The Morgan fingerprint density at radius 3 is 2.49 bits per heavy atom. The number of rotatable bonds is 12. The minimum atomic E-state index is -4.48. The number of sulfonamides is 1. The number of alkyl halides is 3. The zero-order chi connectivity index (χ0) is 31.8. The van der Waals surface area contributed by atoms with Gasteiger partial charge in [-0.15, -0.1) is 11.8 Å². The zero-order valence-corrected chi connectivity index (χ0v) is 27.5. The predicted molar refractivity (Wildman–Crippen MR) is 168 cm³/mol. The van der Waals surface area contributed by atoms with Crippen LogP contribution in [-0.4, -0.2) is 102 Å². The number of hydrogen-bond acceptors (Lipinski definition) is 7. The van der Waals surface area contributed by atoms with Crippen LogP contribution < -0.4 is 5.32 Å². The van der Waals surface area contributed by atoms with Crippen LogP contribution in [-0.2, 0) is 40.5 Å². The topological polar surface area (TPSA) is 90.8 Å². The Bertz CT molecular complexity index is 1490. The van der Waals surface area contributed by atoms with E-state index in [2.05, 4.69) is 15.1 Å². The molecule has 0 radical (unpaired) electrons. The van der Waals surface area contributed by atoms with Crippen molar-refractivity contribution >= 4 is 27.7 Å². The number of piperidine rings is 1. The molecule has 0 atom stereocenters. The van der Waals surface area contributed by atoms with Crippen LogP contribution in [0.3, 0.4) is 0 Å². The quantitative estimate of drug-likeness (QED) is 0.268. The second-order valence-electron chi connectivity index (χ2n) is 12.7. The van der Waals surface area contributed by atoms with E-state index in [0.29, 0.717) is 61.6 Å². The number of nitrogens with zero attached hydrogens (tertiary/aromatic N) is 5. The number of carbonyl (C=O) groups is 1. The summed E-state index contributed by atoms with van der Waals surface area (Å²) >= 11 is 1.19. The number of fused-ring (bicyclic) bond motifs is 1. The molecular weight excluding hydrogens is 626 g/mol. The van der Waals surface area contributed by atoms with Gasteiger partial charge in [0.15, 0.2) is 0 Å². The fraction of sp³-hybridized carbons (Fsp3) is 0.677. The van der Waals surface area contributed by atoms with Gasteiger partial charge in [-0.3, -0.25) is 9.48 Å². The number of aryl methyl sites for hydroxylation is 1. The van der Waals surface area contributed by atoms with Crippen LogP contribution in [0.5, 0.6) is 0 Å². The number of thioether (sulfide) groups is 1. The van der Waals surface area contributed by atoms with Crippen LogP contribution in [0.2, 0.25) is 0 Å². The molecule has 1 aliphatic carbocycles. The van der Waals surface area contributed by atoms with E-state index >= 15 is 0 Å². The highest BCUT2D eigenvalue weighted by Gasteiger charge is 2.35. The zero-order valence-electron chi connectivity index (χ0n) is 25.8. The van der Waals surface area contributed by atoms with Crippen LogP contribution in [0.25, 0.3) is 11.3 Å². The van der Waals surface area contributed by atoms with E-state index in [1.807, 2.05) is 4.68 Å². The lowest BCUT2D eigenvalue weighted by Crippen LogP contribution is -2.45. The molecular formula is C31H43F3N6O3S2. The molecule has 9 nitrogen and oxygen atoms in total. The largest absolute Gasteiger partial charge is 0.417 e. The fourth-order valence-electron chi connectivity index (χ4n) is 6.85. The monoisotopic (exact) mass is 668 g/mol. The maximum Gasteiger partial charge on any atom is 0.417 e. The summed E-state index contributed by atoms with van der Waals surface area (Å²) < 4.78 is 70.2. The van der Waals surface area contributed by atoms with Crippen molar-refractivity contribution in [2.75, 3.05) is 51.3 Å². The molecule has 0 bridgehead atoms. The maximum absolute atomic E-state index is 14.0. The summed E-state index contributed by atoms with van der Waals surface area (Å²) in [5.74, 6) is 0.801. The third kappa shape index (κ3) is 7.89. The van der Waals surface area contributed by atoms with Crippen LogP contribution >= 0.6 is 11.8 Å². The van der Waals surface area contributed by atoms with E-state index in [-0.39, 0.29) is 17.3 Å². The summed E-state index contributed by atoms with van der Waals surface area (Å²) in [6, 6.07) is 5.01. The number of benzene rings is 1. The molecule has 0 unspecified atom stereocenters. The molecule has 4 heterocycles. The van der Waals surface area contributed by atoms with Crippen LogP contribution in [0.1, 0.15) is 61.8 Å². The lowest BCUT2D eigenvalue weighted by atomic mass is 10.0. The summed E-state index contributed by atoms with van der Waals surface area (Å²) in [5.41, 5.74) is 2.20. The van der Waals surface area contributed by atoms with E-state index in [1.165, 1.54) is 28.4 Å². The minimum Gasteiger partial charge on any atom is -0.340 e. The smallest absolute Gasteiger partial charge is 0.340 e. The summed E-state index contributed by atoms with van der Waals surface area (Å²) in [5, 5.41) is 8.28. The van der Waals surface area contributed by atoms with E-state index in [0.717, 1.165) is 82.0 Å². The molecule has 1 saturated carbocycles. The molecule has 45 heavy (non-hydrogen) atoms. The third-order valence-electron chi connectivity index (χ3n) is 9.45. The molecule has 1 amide bonds. The highest BCUT2D eigenvalue weighted by atomic mass is 32.2. The average Bonchev–Trinajstić information content (AvgIpc) is 3.62. The Labute approximate surface area is 267 Å². The first-order valence-electron chi connectivity index (χ1n) is 16.1. The van der Waals surface area contributed by atoms with Crippen molar-refractivity contribution in [2.24, 2.45) is 0 Å². The van der Waals surface area contributed by atoms with Crippen LogP contribution in [0, 0.1) is 0 Å². The molecule has 3 fully saturated rings. The molecule has 2 saturated heterocycles. The van der Waals surface area contributed by atoms with Gasteiger partial charge in [0.2, 0.25) is 15.9 Å². The Morgan fingerprint density at radius 2 is 1.82 bits per heavy atom. The van der Waals surface area contributed by atoms with Gasteiger partial charge in [0.25, 0.3) is 0 Å². The van der Waals surface area contributed by atoms with Gasteiger partial charge in [0, 0.05) is 98.2 Å². The van der Waals surface area contributed by atoms with Gasteiger partial charge in [-0.25, -0.2) is 8.42 Å². The molecule has 6 rings (SSSR count). The molecule has 4 aliphatic rings. The van der Waals surface area contributed by atoms with Gasteiger partial charge < -0.3 is 15.1 Å². The lowest BCUT2D eigenvalue weighted by molar-refractivity contribution is -0.139. The summed E-state index contributed by atoms with van der Waals surface area (Å²) in [7, 11) is -3.45. The molecule has 1 aromatic carbocycles. The van der Waals surface area contributed by atoms with Crippen LogP contribution in [0.4, 0.5) is 13.2 Å².